The summed E-state index contributed by atoms with van der Waals surface area (Å²) in [5.74, 6) is -3.06. The Morgan fingerprint density at radius 1 is 0.490 bits per heavy atom. The lowest BCUT2D eigenvalue weighted by Crippen LogP contribution is -2.29. The van der Waals surface area contributed by atoms with Gasteiger partial charge in [-0.15, -0.1) is 0 Å². The van der Waals surface area contributed by atoms with Gasteiger partial charge in [0.1, 0.15) is 5.60 Å². The second-order valence-corrected chi connectivity index (χ2v) is 15.0. The Hall–Kier alpha value is -2.12. The molecule has 0 aliphatic rings. The van der Waals surface area contributed by atoms with Crippen LogP contribution in [0.15, 0.2) is 0 Å². The van der Waals surface area contributed by atoms with Gasteiger partial charge in [-0.05, 0) is 59.3 Å². The van der Waals surface area contributed by atoms with Gasteiger partial charge in [0.2, 0.25) is 0 Å². The average molecular weight is 697 g/mol. The number of hydrogen-bond donors (Lipinski definition) is 0. The molecule has 0 radical (unpaired) electrons. The number of ether oxygens (including phenoxy) is 4. The summed E-state index contributed by atoms with van der Waals surface area (Å²) >= 11 is 0. The first-order valence-corrected chi connectivity index (χ1v) is 20.2. The van der Waals surface area contributed by atoms with Crippen molar-refractivity contribution in [2.75, 3.05) is 19.8 Å². The highest BCUT2D eigenvalue weighted by Crippen LogP contribution is 2.26. The monoisotopic (exact) mass is 697 g/mol. The van der Waals surface area contributed by atoms with E-state index in [0.29, 0.717) is 26.1 Å². The van der Waals surface area contributed by atoms with E-state index in [1.807, 2.05) is 34.6 Å². The molecule has 0 N–H and O–H groups in total. The molecule has 0 saturated carbocycles. The lowest BCUT2D eigenvalue weighted by atomic mass is 9.86. The molecule has 0 fully saturated rings. The van der Waals surface area contributed by atoms with E-state index in [1.54, 1.807) is 6.92 Å². The van der Waals surface area contributed by atoms with Gasteiger partial charge in [-0.25, -0.2) is 0 Å². The molecule has 3 atom stereocenters. The molecule has 49 heavy (non-hydrogen) atoms. The molecule has 288 valence electrons. The summed E-state index contributed by atoms with van der Waals surface area (Å²) < 4.78 is 21.9. The second kappa shape index (κ2) is 30.7. The van der Waals surface area contributed by atoms with Gasteiger partial charge in [-0.3, -0.25) is 19.2 Å². The summed E-state index contributed by atoms with van der Waals surface area (Å²) in [6.07, 6.45) is 23.7. The van der Waals surface area contributed by atoms with E-state index >= 15 is 0 Å². The van der Waals surface area contributed by atoms with Gasteiger partial charge in [-0.2, -0.15) is 0 Å². The second-order valence-electron chi connectivity index (χ2n) is 15.0. The number of carbonyl (C=O) groups is 4. The normalized spacial score (nSPS) is 13.4. The molecule has 0 spiro atoms. The topological polar surface area (TPSA) is 105 Å². The molecule has 0 aliphatic heterocycles. The number of carbonyl (C=O) groups excluding carboxylic acids is 4. The maximum atomic E-state index is 13.3. The Bertz CT molecular complexity index is 849. The number of esters is 4. The van der Waals surface area contributed by atoms with E-state index < -0.39 is 29.3 Å². The average Bonchev–Trinajstić information content (AvgIpc) is 3.05. The third-order valence-electron chi connectivity index (χ3n) is 8.94. The molecule has 0 saturated heterocycles. The van der Waals surface area contributed by atoms with E-state index in [4.69, 9.17) is 18.9 Å². The van der Waals surface area contributed by atoms with Crippen LogP contribution in [0.4, 0.5) is 0 Å². The largest absolute Gasteiger partial charge is 0.465 e. The fourth-order valence-electron chi connectivity index (χ4n) is 5.88. The molecule has 0 amide bonds. The standard InChI is InChI=1S/C41H76O8/c1-8-11-13-14-15-16-17-18-19-20-21-22-23-24-25-26-30-48-40(45)36(33-35(10-3)39(44)47-29-12-9-2)32-34(4)38(43)46-31-27-28-37(42)49-41(5,6)7/h34-36H,8-33H2,1-7H3. The fraction of sp³-hybridized carbons (Fsp3) is 0.902. The van der Waals surface area contributed by atoms with Crippen LogP contribution in [0.2, 0.25) is 0 Å². The van der Waals surface area contributed by atoms with E-state index in [9.17, 15) is 19.2 Å². The number of rotatable bonds is 32. The summed E-state index contributed by atoms with van der Waals surface area (Å²) in [7, 11) is 0. The predicted octanol–water partition coefficient (Wildman–Crippen LogP) is 10.9. The van der Waals surface area contributed by atoms with E-state index in [1.165, 1.54) is 83.5 Å². The van der Waals surface area contributed by atoms with Crippen LogP contribution in [0.5, 0.6) is 0 Å². The fourth-order valence-corrected chi connectivity index (χ4v) is 5.88. The summed E-state index contributed by atoms with van der Waals surface area (Å²) in [4.78, 5) is 50.8. The molecule has 0 aliphatic carbocycles. The first kappa shape index (κ1) is 46.9. The van der Waals surface area contributed by atoms with Crippen molar-refractivity contribution in [2.45, 2.75) is 202 Å². The zero-order valence-electron chi connectivity index (χ0n) is 32.9. The van der Waals surface area contributed by atoms with Gasteiger partial charge in [0, 0.05) is 6.42 Å². The third kappa shape index (κ3) is 28.3. The molecule has 0 aromatic carbocycles. The minimum absolute atomic E-state index is 0.0954. The Labute approximate surface area is 300 Å². The van der Waals surface area contributed by atoms with E-state index in [-0.39, 0.29) is 43.8 Å². The van der Waals surface area contributed by atoms with Crippen LogP contribution in [0.1, 0.15) is 196 Å². The van der Waals surface area contributed by atoms with Crippen molar-refractivity contribution in [1.29, 1.82) is 0 Å². The molecule has 0 aromatic rings. The van der Waals surface area contributed by atoms with E-state index in [2.05, 4.69) is 6.92 Å². The first-order chi connectivity index (χ1) is 23.4. The van der Waals surface area contributed by atoms with Crippen molar-refractivity contribution in [2.24, 2.45) is 17.8 Å². The lowest BCUT2D eigenvalue weighted by molar-refractivity contribution is -0.158. The Kier molecular flexibility index (Phi) is 29.4. The van der Waals surface area contributed by atoms with Crippen molar-refractivity contribution in [3.8, 4) is 0 Å². The molecule has 8 heteroatoms. The van der Waals surface area contributed by atoms with Gasteiger partial charge in [0.05, 0.1) is 37.6 Å². The molecule has 0 heterocycles. The van der Waals surface area contributed by atoms with Gasteiger partial charge < -0.3 is 18.9 Å². The quantitative estimate of drug-likeness (QED) is 0.0389. The van der Waals surface area contributed by atoms with Crippen LogP contribution in [-0.4, -0.2) is 49.3 Å². The van der Waals surface area contributed by atoms with Crippen LogP contribution in [-0.2, 0) is 38.1 Å². The first-order valence-electron chi connectivity index (χ1n) is 20.2. The molecule has 0 bridgehead atoms. The van der Waals surface area contributed by atoms with Gasteiger partial charge >= 0.3 is 23.9 Å². The van der Waals surface area contributed by atoms with Crippen LogP contribution in [0.25, 0.3) is 0 Å². The van der Waals surface area contributed by atoms with Gasteiger partial charge in [0.15, 0.2) is 0 Å². The SMILES string of the molecule is CCCCCCCCCCCCCCCCCCOC(=O)C(CC(C)C(=O)OCCCC(=O)OC(C)(C)C)CC(CC)C(=O)OCCCC. The Morgan fingerprint density at radius 2 is 0.898 bits per heavy atom. The smallest absolute Gasteiger partial charge is 0.308 e. The molecule has 3 unspecified atom stereocenters. The summed E-state index contributed by atoms with van der Waals surface area (Å²) in [5, 5.41) is 0. The summed E-state index contributed by atoms with van der Waals surface area (Å²) in [6, 6.07) is 0. The Balaban J connectivity index is 4.59. The minimum Gasteiger partial charge on any atom is -0.465 e. The van der Waals surface area contributed by atoms with Crippen molar-refractivity contribution >= 4 is 23.9 Å². The third-order valence-corrected chi connectivity index (χ3v) is 8.94. The summed E-state index contributed by atoms with van der Waals surface area (Å²) in [5.41, 5.74) is -0.559. The highest BCUT2D eigenvalue weighted by atomic mass is 16.6. The van der Waals surface area contributed by atoms with Gasteiger partial charge in [-0.1, -0.05) is 130 Å². The van der Waals surface area contributed by atoms with Crippen molar-refractivity contribution in [3.63, 3.8) is 0 Å². The van der Waals surface area contributed by atoms with Crippen LogP contribution < -0.4 is 0 Å². The molecular weight excluding hydrogens is 620 g/mol. The summed E-state index contributed by atoms with van der Waals surface area (Å²) in [6.45, 7) is 14.2. The van der Waals surface area contributed by atoms with Crippen molar-refractivity contribution in [3.05, 3.63) is 0 Å². The highest BCUT2D eigenvalue weighted by Gasteiger charge is 2.32. The molecule has 8 nitrogen and oxygen atoms in total. The van der Waals surface area contributed by atoms with Gasteiger partial charge in [0.25, 0.3) is 0 Å². The number of hydrogen-bond acceptors (Lipinski definition) is 8. The lowest BCUT2D eigenvalue weighted by Gasteiger charge is -2.23. The zero-order valence-corrected chi connectivity index (χ0v) is 32.9. The van der Waals surface area contributed by atoms with Crippen molar-refractivity contribution < 1.29 is 38.1 Å². The predicted molar refractivity (Wildman–Crippen MR) is 198 cm³/mol. The van der Waals surface area contributed by atoms with Crippen LogP contribution in [0.3, 0.4) is 0 Å². The maximum Gasteiger partial charge on any atom is 0.308 e. The number of unbranched alkanes of at least 4 members (excludes halogenated alkanes) is 16. The van der Waals surface area contributed by atoms with Crippen LogP contribution >= 0.6 is 0 Å². The van der Waals surface area contributed by atoms with Crippen LogP contribution in [0, 0.1) is 17.8 Å². The minimum atomic E-state index is -0.617. The molecular formula is C41H76O8. The zero-order chi connectivity index (χ0) is 36.8. The molecule has 0 rings (SSSR count). The maximum absolute atomic E-state index is 13.3. The Morgan fingerprint density at radius 3 is 1.37 bits per heavy atom. The highest BCUT2D eigenvalue weighted by molar-refractivity contribution is 5.77. The van der Waals surface area contributed by atoms with E-state index in [0.717, 1.165) is 32.1 Å². The molecule has 0 aromatic heterocycles. The van der Waals surface area contributed by atoms with Crippen molar-refractivity contribution in [1.82, 2.24) is 0 Å².